The minimum atomic E-state index is -0.461. The minimum absolute atomic E-state index is 0.184. The lowest BCUT2D eigenvalue weighted by atomic mass is 9.67. The molecule has 12 rings (SSSR count). The standard InChI is InChI=1S/C53H37N3/c1-5-18-35(19-6-1)37-22-17-23-38(34-37)49-51-50(36-20-7-2-8-21-36)56(51)52(54-49)55-45-31-16-14-29-42(45)48-46(55)33-32-44-47(48)41-28-13-15-30-43(41)53(44,39-24-9-3-10-25-39)40-26-11-4-12-27-40/h1-34,50-52H. The molecule has 9 aromatic rings. The zero-order chi connectivity index (χ0) is 36.8. The SMILES string of the molecule is c1ccc(-c2cccc(C3=NC(n4c5ccccc5c5c6c(ccc54)C(c4ccccc4)(c4ccccc4)c4ccccc4-6)N4C3C4c3ccccc3)c2)cc1. The summed E-state index contributed by atoms with van der Waals surface area (Å²) in [5.74, 6) is 0. The predicted molar refractivity (Wildman–Crippen MR) is 229 cm³/mol. The molecule has 3 aliphatic rings. The summed E-state index contributed by atoms with van der Waals surface area (Å²) < 4.78 is 2.53. The van der Waals surface area contributed by atoms with Gasteiger partial charge in [0.1, 0.15) is 0 Å². The Bertz CT molecular complexity index is 2940. The van der Waals surface area contributed by atoms with Gasteiger partial charge in [-0.15, -0.1) is 0 Å². The van der Waals surface area contributed by atoms with E-state index in [1.165, 1.54) is 77.4 Å². The van der Waals surface area contributed by atoms with E-state index in [1.807, 2.05) is 0 Å². The summed E-state index contributed by atoms with van der Waals surface area (Å²) in [5.41, 5.74) is 15.9. The molecule has 264 valence electrons. The highest BCUT2D eigenvalue weighted by molar-refractivity contribution is 6.18. The molecule has 8 aromatic carbocycles. The van der Waals surface area contributed by atoms with Crippen LogP contribution in [-0.4, -0.2) is 21.2 Å². The number of fused-ring (bicyclic) bond motifs is 8. The van der Waals surface area contributed by atoms with Crippen LogP contribution in [0.4, 0.5) is 0 Å². The van der Waals surface area contributed by atoms with Gasteiger partial charge in [0.05, 0.1) is 34.2 Å². The summed E-state index contributed by atoms with van der Waals surface area (Å²) in [6.07, 6.45) is -0.203. The van der Waals surface area contributed by atoms with Crippen LogP contribution in [0.5, 0.6) is 0 Å². The normalized spacial score (nSPS) is 20.0. The van der Waals surface area contributed by atoms with E-state index in [1.54, 1.807) is 0 Å². The third kappa shape index (κ3) is 4.35. The van der Waals surface area contributed by atoms with Gasteiger partial charge in [-0.3, -0.25) is 0 Å². The third-order valence-electron chi connectivity index (χ3n) is 12.6. The monoisotopic (exact) mass is 715 g/mol. The predicted octanol–water partition coefficient (Wildman–Crippen LogP) is 12.2. The summed E-state index contributed by atoms with van der Waals surface area (Å²) in [6.45, 7) is 0. The molecule has 3 nitrogen and oxygen atoms in total. The second-order valence-corrected chi connectivity index (χ2v) is 15.4. The van der Waals surface area contributed by atoms with E-state index in [4.69, 9.17) is 4.99 Å². The van der Waals surface area contributed by atoms with Crippen molar-refractivity contribution in [3.8, 4) is 22.3 Å². The number of hydrogen-bond donors (Lipinski definition) is 0. The van der Waals surface area contributed by atoms with Crippen LogP contribution in [0.25, 0.3) is 44.1 Å². The first-order valence-electron chi connectivity index (χ1n) is 19.7. The van der Waals surface area contributed by atoms with Crippen LogP contribution >= 0.6 is 0 Å². The van der Waals surface area contributed by atoms with Crippen molar-refractivity contribution in [1.82, 2.24) is 9.47 Å². The lowest BCUT2D eigenvalue weighted by Crippen LogP contribution is -2.28. The molecule has 0 bridgehead atoms. The lowest BCUT2D eigenvalue weighted by Gasteiger charge is -2.33. The van der Waals surface area contributed by atoms with Gasteiger partial charge in [0.25, 0.3) is 0 Å². The van der Waals surface area contributed by atoms with Crippen LogP contribution in [-0.2, 0) is 5.41 Å². The van der Waals surface area contributed by atoms with Crippen LogP contribution in [0.1, 0.15) is 45.7 Å². The number of aromatic nitrogens is 1. The zero-order valence-corrected chi connectivity index (χ0v) is 30.7. The molecule has 4 atom stereocenters. The molecule has 1 fully saturated rings. The number of para-hydroxylation sites is 1. The van der Waals surface area contributed by atoms with Gasteiger partial charge in [-0.2, -0.15) is 0 Å². The Kier molecular flexibility index (Phi) is 6.81. The zero-order valence-electron chi connectivity index (χ0n) is 30.7. The van der Waals surface area contributed by atoms with E-state index in [9.17, 15) is 0 Å². The minimum Gasteiger partial charge on any atom is -0.305 e. The Morgan fingerprint density at radius 3 is 1.80 bits per heavy atom. The van der Waals surface area contributed by atoms with Gasteiger partial charge < -0.3 is 4.57 Å². The van der Waals surface area contributed by atoms with E-state index < -0.39 is 5.41 Å². The summed E-state index contributed by atoms with van der Waals surface area (Å²) in [6, 6.07) is 76.2. The molecular weight excluding hydrogens is 679 g/mol. The molecule has 4 unspecified atom stereocenters. The molecule has 2 aliphatic heterocycles. The number of hydrogen-bond acceptors (Lipinski definition) is 2. The van der Waals surface area contributed by atoms with Gasteiger partial charge in [-0.05, 0) is 73.8 Å². The molecule has 3 heteroatoms. The van der Waals surface area contributed by atoms with Crippen molar-refractivity contribution in [2.24, 2.45) is 4.99 Å². The second kappa shape index (κ2) is 12.1. The van der Waals surface area contributed by atoms with E-state index in [2.05, 4.69) is 216 Å². The van der Waals surface area contributed by atoms with Crippen molar-refractivity contribution in [1.29, 1.82) is 0 Å². The van der Waals surface area contributed by atoms with Gasteiger partial charge in [0.15, 0.2) is 6.29 Å². The molecule has 1 saturated heterocycles. The van der Waals surface area contributed by atoms with Gasteiger partial charge >= 0.3 is 0 Å². The fourth-order valence-electron chi connectivity index (χ4n) is 10.3. The van der Waals surface area contributed by atoms with Crippen molar-refractivity contribution in [2.45, 2.75) is 23.8 Å². The van der Waals surface area contributed by atoms with Gasteiger partial charge in [0.2, 0.25) is 0 Å². The smallest absolute Gasteiger partial charge is 0.184 e. The third-order valence-corrected chi connectivity index (χ3v) is 12.6. The Labute approximate surface area is 326 Å². The maximum absolute atomic E-state index is 5.71. The van der Waals surface area contributed by atoms with Crippen molar-refractivity contribution >= 4 is 27.5 Å². The first-order chi connectivity index (χ1) is 27.8. The van der Waals surface area contributed by atoms with E-state index in [0.29, 0.717) is 0 Å². The van der Waals surface area contributed by atoms with Crippen LogP contribution < -0.4 is 0 Å². The topological polar surface area (TPSA) is 20.3 Å². The number of rotatable bonds is 6. The Balaban J connectivity index is 1.12. The molecular formula is C53H37N3. The van der Waals surface area contributed by atoms with Crippen molar-refractivity contribution in [2.75, 3.05) is 0 Å². The molecule has 0 saturated carbocycles. The first-order valence-corrected chi connectivity index (χ1v) is 19.7. The number of benzene rings is 8. The molecule has 56 heavy (non-hydrogen) atoms. The summed E-state index contributed by atoms with van der Waals surface area (Å²) in [7, 11) is 0. The van der Waals surface area contributed by atoms with Crippen LogP contribution in [0.2, 0.25) is 0 Å². The molecule has 0 spiro atoms. The van der Waals surface area contributed by atoms with E-state index in [0.717, 1.165) is 5.71 Å². The Hall–Kier alpha value is -6.81. The van der Waals surface area contributed by atoms with Crippen molar-refractivity contribution < 1.29 is 0 Å². The average molecular weight is 716 g/mol. The van der Waals surface area contributed by atoms with Crippen molar-refractivity contribution in [3.05, 3.63) is 240 Å². The molecule has 1 aromatic heterocycles. The maximum Gasteiger partial charge on any atom is 0.184 e. The van der Waals surface area contributed by atoms with Crippen LogP contribution in [0, 0.1) is 0 Å². The molecule has 0 radical (unpaired) electrons. The first kappa shape index (κ1) is 31.5. The quantitative estimate of drug-likeness (QED) is 0.157. The highest BCUT2D eigenvalue weighted by Crippen LogP contribution is 2.60. The molecule has 1 aliphatic carbocycles. The Morgan fingerprint density at radius 1 is 0.446 bits per heavy atom. The number of aliphatic imine (C=N–C) groups is 1. The fraction of sp³-hybridized carbons (Fsp3) is 0.0755. The average Bonchev–Trinajstić information content (AvgIpc) is 3.57. The van der Waals surface area contributed by atoms with Crippen LogP contribution in [0.3, 0.4) is 0 Å². The van der Waals surface area contributed by atoms with Gasteiger partial charge in [-0.1, -0.05) is 188 Å². The second-order valence-electron chi connectivity index (χ2n) is 15.4. The van der Waals surface area contributed by atoms with Crippen molar-refractivity contribution in [3.63, 3.8) is 0 Å². The maximum atomic E-state index is 5.71. The fourth-order valence-corrected chi connectivity index (χ4v) is 10.3. The largest absolute Gasteiger partial charge is 0.305 e. The lowest BCUT2D eigenvalue weighted by molar-refractivity contribution is 0.315. The highest BCUT2D eigenvalue weighted by Gasteiger charge is 2.60. The Morgan fingerprint density at radius 2 is 1.05 bits per heavy atom. The van der Waals surface area contributed by atoms with E-state index in [-0.39, 0.29) is 18.4 Å². The van der Waals surface area contributed by atoms with Gasteiger partial charge in [-0.25, -0.2) is 9.89 Å². The summed E-state index contributed by atoms with van der Waals surface area (Å²) in [5, 5.41) is 2.55. The molecule has 0 amide bonds. The van der Waals surface area contributed by atoms with Gasteiger partial charge in [0, 0.05) is 10.8 Å². The molecule has 3 heterocycles. The molecule has 0 N–H and O–H groups in total. The summed E-state index contributed by atoms with van der Waals surface area (Å²) >= 11 is 0. The summed E-state index contributed by atoms with van der Waals surface area (Å²) in [4.78, 5) is 8.33. The highest BCUT2D eigenvalue weighted by atomic mass is 15.5. The van der Waals surface area contributed by atoms with Crippen LogP contribution in [0.15, 0.2) is 211 Å². The number of nitrogens with zero attached hydrogens (tertiary/aromatic N) is 3. The van der Waals surface area contributed by atoms with E-state index >= 15 is 0 Å².